The Balaban J connectivity index is 2.23. The standard InChI is InChI=1S/C20H28O5/c1-10(2)17(23)16-15(22)9-14(21)11-8-13-12(6-7-20(13,5)24)19(3,4)25-18(11)16/h9-10,12-13,21-22,24H,6-8H2,1-5H3/t12-,13+,20-/m1/s1. The van der Waals surface area contributed by atoms with Gasteiger partial charge in [0.15, 0.2) is 5.78 Å². The van der Waals surface area contributed by atoms with Crippen LogP contribution in [0.1, 0.15) is 63.4 Å². The summed E-state index contributed by atoms with van der Waals surface area (Å²) >= 11 is 0. The van der Waals surface area contributed by atoms with Crippen LogP contribution in [0.2, 0.25) is 0 Å². The molecule has 1 fully saturated rings. The summed E-state index contributed by atoms with van der Waals surface area (Å²) in [6.07, 6.45) is 1.92. The number of phenols is 2. The second-order valence-corrected chi connectivity index (χ2v) is 8.63. The van der Waals surface area contributed by atoms with Gasteiger partial charge in [0.05, 0.1) is 5.60 Å². The Kier molecular flexibility index (Phi) is 4.06. The molecule has 3 atom stereocenters. The van der Waals surface area contributed by atoms with Crippen molar-refractivity contribution >= 4 is 5.78 Å². The average Bonchev–Trinajstić information content (AvgIpc) is 2.70. The molecule has 0 aromatic heterocycles. The lowest BCUT2D eigenvalue weighted by Gasteiger charge is -2.36. The van der Waals surface area contributed by atoms with Gasteiger partial charge in [0, 0.05) is 23.5 Å². The average molecular weight is 348 g/mol. The Hall–Kier alpha value is -1.75. The number of ketones is 1. The highest BCUT2D eigenvalue weighted by Crippen LogP contribution is 2.54. The fourth-order valence-corrected chi connectivity index (χ4v) is 4.53. The highest BCUT2D eigenvalue weighted by Gasteiger charge is 2.53. The minimum Gasteiger partial charge on any atom is -0.507 e. The molecule has 25 heavy (non-hydrogen) atoms. The molecule has 0 radical (unpaired) electrons. The molecule has 0 spiro atoms. The van der Waals surface area contributed by atoms with E-state index >= 15 is 0 Å². The minimum atomic E-state index is -0.848. The highest BCUT2D eigenvalue weighted by atomic mass is 16.5. The van der Waals surface area contributed by atoms with Crippen molar-refractivity contribution in [3.8, 4) is 17.2 Å². The Morgan fingerprint density at radius 1 is 1.20 bits per heavy atom. The fraction of sp³-hybridized carbons (Fsp3) is 0.650. The Labute approximate surface area is 148 Å². The smallest absolute Gasteiger partial charge is 0.172 e. The number of carbonyl (C=O) groups is 1. The molecule has 0 unspecified atom stereocenters. The number of Topliss-reactive ketones (excluding diaryl/α,β-unsaturated/α-hetero) is 1. The first-order valence-electron chi connectivity index (χ1n) is 8.99. The minimum absolute atomic E-state index is 0.0822. The van der Waals surface area contributed by atoms with Gasteiger partial charge in [-0.05, 0) is 46.0 Å². The summed E-state index contributed by atoms with van der Waals surface area (Å²) in [5.41, 5.74) is -0.831. The van der Waals surface area contributed by atoms with Crippen molar-refractivity contribution in [2.45, 2.75) is 65.1 Å². The van der Waals surface area contributed by atoms with Gasteiger partial charge in [0.1, 0.15) is 28.4 Å². The van der Waals surface area contributed by atoms with Crippen LogP contribution in [-0.2, 0) is 6.42 Å². The first-order chi connectivity index (χ1) is 11.5. The van der Waals surface area contributed by atoms with E-state index in [-0.39, 0.29) is 46.3 Å². The molecule has 1 aliphatic carbocycles. The molecular weight excluding hydrogens is 320 g/mol. The molecule has 5 nitrogen and oxygen atoms in total. The molecule has 0 saturated heterocycles. The third-order valence-electron chi connectivity index (χ3n) is 6.04. The summed E-state index contributed by atoms with van der Waals surface area (Å²) in [7, 11) is 0. The van der Waals surface area contributed by atoms with Crippen molar-refractivity contribution < 1.29 is 24.9 Å². The topological polar surface area (TPSA) is 87.0 Å². The second-order valence-electron chi connectivity index (χ2n) is 8.63. The molecule has 1 saturated carbocycles. The summed E-state index contributed by atoms with van der Waals surface area (Å²) in [6, 6.07) is 1.22. The van der Waals surface area contributed by atoms with Crippen LogP contribution < -0.4 is 4.74 Å². The number of fused-ring (bicyclic) bond motifs is 2. The van der Waals surface area contributed by atoms with Crippen LogP contribution in [0.15, 0.2) is 6.07 Å². The lowest BCUT2D eigenvalue weighted by Crippen LogP contribution is -2.43. The third-order valence-corrected chi connectivity index (χ3v) is 6.04. The monoisotopic (exact) mass is 348 g/mol. The molecule has 0 bridgehead atoms. The molecule has 3 rings (SSSR count). The van der Waals surface area contributed by atoms with E-state index in [2.05, 4.69) is 0 Å². The van der Waals surface area contributed by atoms with Crippen LogP contribution in [0.3, 0.4) is 0 Å². The number of rotatable bonds is 2. The van der Waals surface area contributed by atoms with E-state index in [1.807, 2.05) is 20.8 Å². The van der Waals surface area contributed by atoms with Gasteiger partial charge in [0.2, 0.25) is 0 Å². The fourth-order valence-electron chi connectivity index (χ4n) is 4.53. The number of ether oxygens (including phenoxy) is 1. The Bertz CT molecular complexity index is 717. The number of aliphatic hydroxyl groups is 1. The first-order valence-corrected chi connectivity index (χ1v) is 8.99. The van der Waals surface area contributed by atoms with Crippen molar-refractivity contribution in [1.29, 1.82) is 0 Å². The lowest BCUT2D eigenvalue weighted by molar-refractivity contribution is -0.0263. The maximum atomic E-state index is 12.7. The summed E-state index contributed by atoms with van der Waals surface area (Å²) in [5, 5.41) is 31.6. The van der Waals surface area contributed by atoms with Gasteiger partial charge in [-0.1, -0.05) is 13.8 Å². The summed E-state index contributed by atoms with van der Waals surface area (Å²) in [5.74, 6) is -0.594. The van der Waals surface area contributed by atoms with Crippen molar-refractivity contribution in [1.82, 2.24) is 0 Å². The zero-order valence-corrected chi connectivity index (χ0v) is 15.6. The number of phenolic OH excluding ortho intramolecular Hbond substituents is 2. The SMILES string of the molecule is CC(C)C(=O)c1c(O)cc(O)c2c1OC(C)(C)[C@@H]1CC[C@@](C)(O)[C@H]1C2. The maximum Gasteiger partial charge on any atom is 0.172 e. The Morgan fingerprint density at radius 2 is 1.84 bits per heavy atom. The van der Waals surface area contributed by atoms with Gasteiger partial charge in [0.25, 0.3) is 0 Å². The van der Waals surface area contributed by atoms with Crippen LogP contribution >= 0.6 is 0 Å². The van der Waals surface area contributed by atoms with Crippen LogP contribution in [0.5, 0.6) is 17.2 Å². The third kappa shape index (κ3) is 2.78. The van der Waals surface area contributed by atoms with Gasteiger partial charge in [-0.2, -0.15) is 0 Å². The zero-order valence-electron chi connectivity index (χ0n) is 15.6. The number of hydrogen-bond donors (Lipinski definition) is 3. The van der Waals surface area contributed by atoms with Crippen LogP contribution in [0.4, 0.5) is 0 Å². The summed E-state index contributed by atoms with van der Waals surface area (Å²) < 4.78 is 6.26. The van der Waals surface area contributed by atoms with Crippen molar-refractivity contribution in [3.05, 3.63) is 17.2 Å². The summed E-state index contributed by atoms with van der Waals surface area (Å²) in [4.78, 5) is 12.7. The van der Waals surface area contributed by atoms with Crippen LogP contribution in [-0.4, -0.2) is 32.3 Å². The van der Waals surface area contributed by atoms with E-state index in [0.717, 1.165) is 6.42 Å². The van der Waals surface area contributed by atoms with E-state index in [9.17, 15) is 20.1 Å². The quantitative estimate of drug-likeness (QED) is 0.713. The number of hydrogen-bond acceptors (Lipinski definition) is 5. The molecule has 1 heterocycles. The van der Waals surface area contributed by atoms with E-state index in [0.29, 0.717) is 18.4 Å². The molecule has 3 N–H and O–H groups in total. The molecule has 2 aliphatic rings. The van der Waals surface area contributed by atoms with Crippen LogP contribution in [0, 0.1) is 17.8 Å². The molecule has 1 aliphatic heterocycles. The predicted molar refractivity (Wildman–Crippen MR) is 94.2 cm³/mol. The maximum absolute atomic E-state index is 12.7. The Morgan fingerprint density at radius 3 is 2.44 bits per heavy atom. The first kappa shape index (κ1) is 18.1. The lowest BCUT2D eigenvalue weighted by atomic mass is 9.76. The second kappa shape index (κ2) is 5.63. The van der Waals surface area contributed by atoms with E-state index in [1.165, 1.54) is 6.07 Å². The predicted octanol–water partition coefficient (Wildman–Crippen LogP) is 3.43. The van der Waals surface area contributed by atoms with Crippen molar-refractivity contribution in [3.63, 3.8) is 0 Å². The van der Waals surface area contributed by atoms with Gasteiger partial charge in [-0.3, -0.25) is 4.79 Å². The number of carbonyl (C=O) groups excluding carboxylic acids is 1. The van der Waals surface area contributed by atoms with Crippen molar-refractivity contribution in [2.75, 3.05) is 0 Å². The molecule has 1 aromatic carbocycles. The van der Waals surface area contributed by atoms with Crippen molar-refractivity contribution in [2.24, 2.45) is 17.8 Å². The van der Waals surface area contributed by atoms with E-state index in [4.69, 9.17) is 4.74 Å². The molecule has 0 amide bonds. The molecule has 1 aromatic rings. The highest BCUT2D eigenvalue weighted by molar-refractivity contribution is 6.03. The molecule has 5 heteroatoms. The zero-order chi connectivity index (χ0) is 18.7. The number of benzene rings is 1. The molecular formula is C20H28O5. The largest absolute Gasteiger partial charge is 0.507 e. The van der Waals surface area contributed by atoms with Gasteiger partial charge >= 0.3 is 0 Å². The van der Waals surface area contributed by atoms with E-state index < -0.39 is 11.2 Å². The van der Waals surface area contributed by atoms with Gasteiger partial charge < -0.3 is 20.1 Å². The summed E-state index contributed by atoms with van der Waals surface area (Å²) in [6.45, 7) is 9.26. The molecule has 138 valence electrons. The van der Waals surface area contributed by atoms with Crippen LogP contribution in [0.25, 0.3) is 0 Å². The normalized spacial score (nSPS) is 30.4. The van der Waals surface area contributed by atoms with Gasteiger partial charge in [-0.15, -0.1) is 0 Å². The van der Waals surface area contributed by atoms with Gasteiger partial charge in [-0.25, -0.2) is 0 Å². The van der Waals surface area contributed by atoms with E-state index in [1.54, 1.807) is 13.8 Å². The number of aromatic hydroxyl groups is 2.